The highest BCUT2D eigenvalue weighted by Gasteiger charge is 2.30. The molecule has 0 unspecified atom stereocenters. The molecule has 3 aromatic rings. The van der Waals surface area contributed by atoms with Crippen LogP contribution < -0.4 is 21.3 Å². The molecule has 0 radical (unpaired) electrons. The van der Waals surface area contributed by atoms with E-state index in [4.69, 9.17) is 5.84 Å². The van der Waals surface area contributed by atoms with Gasteiger partial charge in [0.15, 0.2) is 0 Å². The van der Waals surface area contributed by atoms with Crippen LogP contribution >= 0.6 is 0 Å². The number of nitrogens with one attached hydrogen (secondary N) is 2. The Hall–Kier alpha value is -3.60. The van der Waals surface area contributed by atoms with Crippen LogP contribution in [0, 0.1) is 0 Å². The molecule has 0 aliphatic heterocycles. The van der Waals surface area contributed by atoms with Crippen molar-refractivity contribution in [1.29, 1.82) is 0 Å². The third-order valence-electron chi connectivity index (χ3n) is 3.62. The van der Waals surface area contributed by atoms with E-state index < -0.39 is 6.36 Å². The maximum Gasteiger partial charge on any atom is 0.573 e. The second-order valence-corrected chi connectivity index (χ2v) is 5.58. The topological polar surface area (TPSA) is 107 Å². The molecule has 8 nitrogen and oxygen atoms in total. The van der Waals surface area contributed by atoms with Crippen LogP contribution in [-0.2, 0) is 6.54 Å². The van der Waals surface area contributed by atoms with Crippen molar-refractivity contribution < 1.29 is 22.7 Å². The van der Waals surface area contributed by atoms with Crippen molar-refractivity contribution in [3.63, 3.8) is 0 Å². The minimum atomic E-state index is -4.74. The first kappa shape index (κ1) is 19.2. The van der Waals surface area contributed by atoms with E-state index in [1.165, 1.54) is 35.3 Å². The van der Waals surface area contributed by atoms with Crippen LogP contribution in [0.1, 0.15) is 15.9 Å². The third kappa shape index (κ3) is 4.98. The number of nitrogen functional groups attached to an aromatic ring is 1. The number of nitrogens with two attached hydrogens (primary N) is 1. The van der Waals surface area contributed by atoms with Gasteiger partial charge in [-0.05, 0) is 42.0 Å². The van der Waals surface area contributed by atoms with Crippen LogP contribution in [0.4, 0.5) is 19.1 Å². The van der Waals surface area contributed by atoms with Crippen LogP contribution in [-0.4, -0.2) is 27.0 Å². The second-order valence-electron chi connectivity index (χ2n) is 5.58. The summed E-state index contributed by atoms with van der Waals surface area (Å²) in [6.45, 7) is 0.410. The minimum absolute atomic E-state index is 0.318. The molecular weight excluding hydrogens is 377 g/mol. The van der Waals surface area contributed by atoms with Gasteiger partial charge in [-0.1, -0.05) is 12.1 Å². The van der Waals surface area contributed by atoms with E-state index in [0.717, 1.165) is 5.56 Å². The van der Waals surface area contributed by atoms with E-state index >= 15 is 0 Å². The fourth-order valence-electron chi connectivity index (χ4n) is 2.31. The Morgan fingerprint density at radius 3 is 2.39 bits per heavy atom. The number of hydrogen-bond donors (Lipinski definition) is 3. The van der Waals surface area contributed by atoms with Gasteiger partial charge in [-0.15, -0.1) is 18.3 Å². The van der Waals surface area contributed by atoms with Crippen molar-refractivity contribution in [1.82, 2.24) is 20.2 Å². The number of carbonyl (C=O) groups is 1. The number of anilines is 1. The Balaban J connectivity index is 1.60. The van der Waals surface area contributed by atoms with Crippen LogP contribution in [0.15, 0.2) is 54.9 Å². The maximum atomic E-state index is 12.2. The molecule has 0 aliphatic rings. The fourth-order valence-corrected chi connectivity index (χ4v) is 2.31. The lowest BCUT2D eigenvalue weighted by Gasteiger charge is -2.09. The van der Waals surface area contributed by atoms with Gasteiger partial charge in [-0.25, -0.2) is 15.5 Å². The molecule has 11 heteroatoms. The van der Waals surface area contributed by atoms with Gasteiger partial charge in [-0.2, -0.15) is 0 Å². The van der Waals surface area contributed by atoms with Gasteiger partial charge < -0.3 is 10.1 Å². The summed E-state index contributed by atoms with van der Waals surface area (Å²) in [5.74, 6) is 4.71. The summed E-state index contributed by atoms with van der Waals surface area (Å²) >= 11 is 0. The molecule has 0 atom stereocenters. The SMILES string of the molecule is NNC(=O)c1ccc(CNc2ncn(-c3ccc(OC(F)(F)F)cc3)n2)cc1. The molecule has 0 saturated heterocycles. The van der Waals surface area contributed by atoms with Gasteiger partial charge in [0.25, 0.3) is 5.91 Å². The summed E-state index contributed by atoms with van der Waals surface area (Å²) < 4.78 is 41.8. The average Bonchev–Trinajstić information content (AvgIpc) is 3.14. The van der Waals surface area contributed by atoms with Gasteiger partial charge in [0.2, 0.25) is 5.95 Å². The number of hydrogen-bond acceptors (Lipinski definition) is 6. The lowest BCUT2D eigenvalue weighted by molar-refractivity contribution is -0.274. The summed E-state index contributed by atoms with van der Waals surface area (Å²) in [6, 6.07) is 12.0. The van der Waals surface area contributed by atoms with E-state index in [1.54, 1.807) is 24.3 Å². The smallest absolute Gasteiger partial charge is 0.406 e. The minimum Gasteiger partial charge on any atom is -0.406 e. The van der Waals surface area contributed by atoms with Crippen molar-refractivity contribution in [2.45, 2.75) is 12.9 Å². The van der Waals surface area contributed by atoms with Crippen LogP contribution in [0.5, 0.6) is 5.75 Å². The Kier molecular flexibility index (Phi) is 5.45. The second kappa shape index (κ2) is 7.96. The van der Waals surface area contributed by atoms with Crippen LogP contribution in [0.3, 0.4) is 0 Å². The summed E-state index contributed by atoms with van der Waals surface area (Å²) in [4.78, 5) is 15.5. The zero-order valence-electron chi connectivity index (χ0n) is 14.3. The number of amides is 1. The Bertz CT molecular complexity index is 939. The van der Waals surface area contributed by atoms with Gasteiger partial charge in [0.1, 0.15) is 12.1 Å². The normalized spacial score (nSPS) is 11.1. The summed E-state index contributed by atoms with van der Waals surface area (Å²) in [5, 5.41) is 7.22. The van der Waals surface area contributed by atoms with Gasteiger partial charge in [0.05, 0.1) is 5.69 Å². The first-order chi connectivity index (χ1) is 13.3. The van der Waals surface area contributed by atoms with E-state index in [9.17, 15) is 18.0 Å². The Morgan fingerprint density at radius 2 is 1.79 bits per heavy atom. The number of benzene rings is 2. The first-order valence-electron chi connectivity index (χ1n) is 7.96. The Morgan fingerprint density at radius 1 is 1.11 bits per heavy atom. The van der Waals surface area contributed by atoms with Crippen molar-refractivity contribution >= 4 is 11.9 Å². The number of alkyl halides is 3. The zero-order valence-corrected chi connectivity index (χ0v) is 14.3. The van der Waals surface area contributed by atoms with Crippen molar-refractivity contribution in [3.8, 4) is 11.4 Å². The van der Waals surface area contributed by atoms with Crippen LogP contribution in [0.25, 0.3) is 5.69 Å². The predicted octanol–water partition coefficient (Wildman–Crippen LogP) is 2.38. The standard InChI is InChI=1S/C17H15F3N6O2/c18-17(19,20)28-14-7-5-13(6-8-14)26-10-23-16(25-26)22-9-11-1-3-12(4-2-11)15(27)24-21/h1-8,10H,9,21H2,(H,22,25)(H,24,27). The molecule has 0 bridgehead atoms. The number of ether oxygens (including phenoxy) is 1. The lowest BCUT2D eigenvalue weighted by atomic mass is 10.1. The number of rotatable bonds is 6. The highest BCUT2D eigenvalue weighted by atomic mass is 19.4. The van der Waals surface area contributed by atoms with Crippen molar-refractivity contribution in [2.24, 2.45) is 5.84 Å². The number of aromatic nitrogens is 3. The van der Waals surface area contributed by atoms with E-state index in [-0.39, 0.29) is 11.7 Å². The van der Waals surface area contributed by atoms with Crippen molar-refractivity contribution in [2.75, 3.05) is 5.32 Å². The van der Waals surface area contributed by atoms with Gasteiger partial charge in [-0.3, -0.25) is 10.2 Å². The molecule has 0 aliphatic carbocycles. The van der Waals surface area contributed by atoms with Crippen molar-refractivity contribution in [3.05, 3.63) is 66.0 Å². The Labute approximate surface area is 157 Å². The summed E-state index contributed by atoms with van der Waals surface area (Å²) in [5.41, 5.74) is 3.90. The molecule has 1 heterocycles. The summed E-state index contributed by atoms with van der Waals surface area (Å²) in [7, 11) is 0. The maximum absolute atomic E-state index is 12.2. The quantitative estimate of drug-likeness (QED) is 0.338. The number of carbonyl (C=O) groups excluding carboxylic acids is 1. The monoisotopic (exact) mass is 392 g/mol. The third-order valence-corrected chi connectivity index (χ3v) is 3.62. The molecule has 1 aromatic heterocycles. The molecule has 2 aromatic carbocycles. The highest BCUT2D eigenvalue weighted by Crippen LogP contribution is 2.23. The number of hydrazine groups is 1. The molecule has 0 saturated carbocycles. The molecule has 3 rings (SSSR count). The number of nitrogens with zero attached hydrogens (tertiary/aromatic N) is 3. The van der Waals surface area contributed by atoms with Gasteiger partial charge in [0, 0.05) is 12.1 Å². The summed E-state index contributed by atoms with van der Waals surface area (Å²) in [6.07, 6.45) is -3.31. The fraction of sp³-hybridized carbons (Fsp3) is 0.118. The molecule has 0 spiro atoms. The number of halogens is 3. The highest BCUT2D eigenvalue weighted by molar-refractivity contribution is 5.93. The first-order valence-corrected chi connectivity index (χ1v) is 7.96. The van der Waals surface area contributed by atoms with E-state index in [2.05, 4.69) is 25.6 Å². The molecule has 0 fully saturated rings. The molecular formula is C17H15F3N6O2. The largest absolute Gasteiger partial charge is 0.573 e. The van der Waals surface area contributed by atoms with Gasteiger partial charge >= 0.3 is 6.36 Å². The molecule has 146 valence electrons. The molecule has 28 heavy (non-hydrogen) atoms. The van der Waals surface area contributed by atoms with Crippen LogP contribution in [0.2, 0.25) is 0 Å². The lowest BCUT2D eigenvalue weighted by Crippen LogP contribution is -2.29. The average molecular weight is 392 g/mol. The zero-order chi connectivity index (χ0) is 20.1. The van der Waals surface area contributed by atoms with E-state index in [1.807, 2.05) is 0 Å². The van der Waals surface area contributed by atoms with E-state index in [0.29, 0.717) is 23.7 Å². The molecule has 4 N–H and O–H groups in total. The molecule has 1 amide bonds. The predicted molar refractivity (Wildman–Crippen MR) is 93.5 cm³/mol.